The largest absolute Gasteiger partial charge is 0.395 e. The molecule has 0 saturated heterocycles. The number of fused-ring (bicyclic) bond motifs is 3. The maximum atomic E-state index is 9.62. The van der Waals surface area contributed by atoms with Crippen LogP contribution in [-0.4, -0.2) is 28.2 Å². The van der Waals surface area contributed by atoms with Gasteiger partial charge in [0.1, 0.15) is 16.5 Å². The molecule has 1 N–H and O–H groups in total. The standard InChI is InChI=1S/C20H23N3OS/c1-14-21-19(23(11-12-24)13-15-7-3-2-4-8-15)18-16-9-5-6-10-17(16)25-20(18)22-14/h2-4,7-8,24H,5-6,9-13H2,1H3. The minimum atomic E-state index is 0.115. The van der Waals surface area contributed by atoms with Crippen molar-refractivity contribution in [1.82, 2.24) is 9.97 Å². The van der Waals surface area contributed by atoms with Gasteiger partial charge in [-0.05, 0) is 43.7 Å². The highest BCUT2D eigenvalue weighted by Crippen LogP contribution is 2.39. The molecule has 5 heteroatoms. The van der Waals surface area contributed by atoms with Crippen molar-refractivity contribution in [2.45, 2.75) is 39.2 Å². The lowest BCUT2D eigenvalue weighted by Crippen LogP contribution is -2.27. The van der Waals surface area contributed by atoms with Crippen molar-refractivity contribution >= 4 is 27.4 Å². The lowest BCUT2D eigenvalue weighted by molar-refractivity contribution is 0.301. The molecule has 4 nitrogen and oxygen atoms in total. The van der Waals surface area contributed by atoms with Gasteiger partial charge in [-0.2, -0.15) is 0 Å². The highest BCUT2D eigenvalue weighted by Gasteiger charge is 2.23. The summed E-state index contributed by atoms with van der Waals surface area (Å²) in [5.74, 6) is 1.79. The van der Waals surface area contributed by atoms with E-state index in [0.29, 0.717) is 6.54 Å². The van der Waals surface area contributed by atoms with Gasteiger partial charge in [-0.1, -0.05) is 30.3 Å². The Balaban J connectivity index is 1.83. The summed E-state index contributed by atoms with van der Waals surface area (Å²) in [7, 11) is 0. The molecule has 0 unspecified atom stereocenters. The molecule has 1 aliphatic rings. The van der Waals surface area contributed by atoms with Gasteiger partial charge in [0.15, 0.2) is 0 Å². The van der Waals surface area contributed by atoms with Gasteiger partial charge in [-0.25, -0.2) is 9.97 Å². The Hall–Kier alpha value is -1.98. The predicted octanol–water partition coefficient (Wildman–Crippen LogP) is 3.88. The maximum absolute atomic E-state index is 9.62. The normalized spacial score (nSPS) is 13.8. The van der Waals surface area contributed by atoms with Crippen LogP contribution in [0.1, 0.15) is 34.7 Å². The summed E-state index contributed by atoms with van der Waals surface area (Å²) in [6, 6.07) is 10.4. The summed E-state index contributed by atoms with van der Waals surface area (Å²) in [5.41, 5.74) is 2.67. The molecule has 1 aromatic carbocycles. The van der Waals surface area contributed by atoms with E-state index in [4.69, 9.17) is 9.97 Å². The third kappa shape index (κ3) is 3.26. The molecule has 0 radical (unpaired) electrons. The van der Waals surface area contributed by atoms with Gasteiger partial charge in [-0.3, -0.25) is 0 Å². The number of thiophene rings is 1. The topological polar surface area (TPSA) is 49.2 Å². The minimum Gasteiger partial charge on any atom is -0.395 e. The number of aliphatic hydroxyl groups excluding tert-OH is 1. The molecule has 2 aromatic heterocycles. The second kappa shape index (κ2) is 7.10. The molecule has 0 aliphatic heterocycles. The molecule has 0 saturated carbocycles. The van der Waals surface area contributed by atoms with E-state index in [0.717, 1.165) is 35.9 Å². The van der Waals surface area contributed by atoms with Crippen LogP contribution in [0.2, 0.25) is 0 Å². The number of hydrogen-bond donors (Lipinski definition) is 1. The fourth-order valence-electron chi connectivity index (χ4n) is 3.66. The second-order valence-corrected chi connectivity index (χ2v) is 7.70. The Bertz CT molecular complexity index is 876. The highest BCUT2D eigenvalue weighted by molar-refractivity contribution is 7.19. The van der Waals surface area contributed by atoms with E-state index in [1.807, 2.05) is 24.3 Å². The smallest absolute Gasteiger partial charge is 0.141 e. The van der Waals surface area contributed by atoms with Crippen molar-refractivity contribution in [3.8, 4) is 0 Å². The Morgan fingerprint density at radius 1 is 1.12 bits per heavy atom. The second-order valence-electron chi connectivity index (χ2n) is 6.62. The first-order chi connectivity index (χ1) is 12.3. The molecule has 3 aromatic rings. The van der Waals surface area contributed by atoms with Gasteiger partial charge in [0.25, 0.3) is 0 Å². The number of aromatic nitrogens is 2. The van der Waals surface area contributed by atoms with Gasteiger partial charge in [-0.15, -0.1) is 11.3 Å². The van der Waals surface area contributed by atoms with E-state index < -0.39 is 0 Å². The van der Waals surface area contributed by atoms with Crippen LogP contribution in [0.4, 0.5) is 5.82 Å². The lowest BCUT2D eigenvalue weighted by atomic mass is 9.97. The number of rotatable bonds is 5. The Labute approximate surface area is 152 Å². The molecule has 4 rings (SSSR count). The van der Waals surface area contributed by atoms with Crippen molar-refractivity contribution < 1.29 is 5.11 Å². The summed E-state index contributed by atoms with van der Waals surface area (Å²) >= 11 is 1.83. The molecule has 2 heterocycles. The van der Waals surface area contributed by atoms with Gasteiger partial charge in [0.2, 0.25) is 0 Å². The van der Waals surface area contributed by atoms with Crippen molar-refractivity contribution in [2.75, 3.05) is 18.1 Å². The third-order valence-electron chi connectivity index (χ3n) is 4.79. The van der Waals surface area contributed by atoms with E-state index in [1.165, 1.54) is 34.2 Å². The van der Waals surface area contributed by atoms with Gasteiger partial charge in [0.05, 0.1) is 12.0 Å². The fraction of sp³-hybridized carbons (Fsp3) is 0.400. The molecular weight excluding hydrogens is 330 g/mol. The summed E-state index contributed by atoms with van der Waals surface area (Å²) in [5, 5.41) is 10.8. The van der Waals surface area contributed by atoms with E-state index in [9.17, 15) is 5.11 Å². The summed E-state index contributed by atoms with van der Waals surface area (Å²) in [6.07, 6.45) is 4.79. The van der Waals surface area contributed by atoms with E-state index >= 15 is 0 Å². The number of aliphatic hydroxyl groups is 1. The summed E-state index contributed by atoms with van der Waals surface area (Å²) in [4.78, 5) is 14.3. The average molecular weight is 353 g/mol. The van der Waals surface area contributed by atoms with Crippen LogP contribution >= 0.6 is 11.3 Å². The Morgan fingerprint density at radius 3 is 2.72 bits per heavy atom. The molecule has 0 fully saturated rings. The zero-order valence-electron chi connectivity index (χ0n) is 14.5. The average Bonchev–Trinajstić information content (AvgIpc) is 2.99. The molecule has 0 amide bonds. The fourth-order valence-corrected chi connectivity index (χ4v) is 4.96. The molecule has 0 spiro atoms. The van der Waals surface area contributed by atoms with Crippen molar-refractivity contribution in [3.63, 3.8) is 0 Å². The summed E-state index contributed by atoms with van der Waals surface area (Å²) < 4.78 is 0. The summed E-state index contributed by atoms with van der Waals surface area (Å²) in [6.45, 7) is 3.40. The monoisotopic (exact) mass is 353 g/mol. The minimum absolute atomic E-state index is 0.115. The van der Waals surface area contributed by atoms with Crippen LogP contribution < -0.4 is 4.90 Å². The highest BCUT2D eigenvalue weighted by atomic mass is 32.1. The van der Waals surface area contributed by atoms with Crippen molar-refractivity contribution in [3.05, 3.63) is 52.2 Å². The molecule has 130 valence electrons. The Kier molecular flexibility index (Phi) is 4.68. The van der Waals surface area contributed by atoms with Gasteiger partial charge < -0.3 is 10.0 Å². The van der Waals surface area contributed by atoms with E-state index in [1.54, 1.807) is 0 Å². The Morgan fingerprint density at radius 2 is 1.92 bits per heavy atom. The maximum Gasteiger partial charge on any atom is 0.141 e. The van der Waals surface area contributed by atoms with E-state index in [2.05, 4.69) is 29.2 Å². The third-order valence-corrected chi connectivity index (χ3v) is 5.98. The SMILES string of the molecule is Cc1nc(N(CCO)Cc2ccccc2)c2c3c(sc2n1)CCCC3. The van der Waals surface area contributed by atoms with Crippen LogP contribution in [0, 0.1) is 6.92 Å². The van der Waals surface area contributed by atoms with Gasteiger partial charge in [0, 0.05) is 18.0 Å². The van der Waals surface area contributed by atoms with Crippen LogP contribution in [-0.2, 0) is 19.4 Å². The first kappa shape index (κ1) is 16.5. The molecule has 25 heavy (non-hydrogen) atoms. The first-order valence-corrected chi connectivity index (χ1v) is 9.76. The molecule has 0 bridgehead atoms. The molecular formula is C20H23N3OS. The number of benzene rings is 1. The number of hydrogen-bond acceptors (Lipinski definition) is 5. The van der Waals surface area contributed by atoms with Crippen LogP contribution in [0.15, 0.2) is 30.3 Å². The number of aryl methyl sites for hydroxylation is 3. The van der Waals surface area contributed by atoms with Crippen molar-refractivity contribution in [1.29, 1.82) is 0 Å². The lowest BCUT2D eigenvalue weighted by Gasteiger charge is -2.25. The first-order valence-electron chi connectivity index (χ1n) is 8.95. The van der Waals surface area contributed by atoms with Crippen molar-refractivity contribution in [2.24, 2.45) is 0 Å². The quantitative estimate of drug-likeness (QED) is 0.756. The van der Waals surface area contributed by atoms with Crippen LogP contribution in [0.5, 0.6) is 0 Å². The number of nitrogens with zero attached hydrogens (tertiary/aromatic N) is 3. The van der Waals surface area contributed by atoms with Crippen LogP contribution in [0.25, 0.3) is 10.2 Å². The molecule has 1 aliphatic carbocycles. The zero-order chi connectivity index (χ0) is 17.2. The number of anilines is 1. The molecule has 0 atom stereocenters. The predicted molar refractivity (Wildman–Crippen MR) is 103 cm³/mol. The van der Waals surface area contributed by atoms with Gasteiger partial charge >= 0.3 is 0 Å². The zero-order valence-corrected chi connectivity index (χ0v) is 15.4. The van der Waals surface area contributed by atoms with E-state index in [-0.39, 0.29) is 6.61 Å². The van der Waals surface area contributed by atoms with Crippen LogP contribution in [0.3, 0.4) is 0 Å².